The number of hydrogen-bond donors (Lipinski definition) is 1. The number of barbiturate groups is 1. The third-order valence-corrected chi connectivity index (χ3v) is 7.35. The fourth-order valence-corrected chi connectivity index (χ4v) is 5.11. The van der Waals surface area contributed by atoms with E-state index in [0.717, 1.165) is 50.8 Å². The van der Waals surface area contributed by atoms with Gasteiger partial charge in [-0.15, -0.1) is 0 Å². The zero-order valence-corrected chi connectivity index (χ0v) is 22.5. The van der Waals surface area contributed by atoms with E-state index in [4.69, 9.17) is 21.1 Å². The van der Waals surface area contributed by atoms with Gasteiger partial charge in [0.1, 0.15) is 5.57 Å². The SMILES string of the molecule is COc1ccc(CCN2C(=O)NC(=O)C(=Cc3ccc4c(c3)CCN4Cc3ccccc3Cl)C2=O)cc1OC. The van der Waals surface area contributed by atoms with Gasteiger partial charge in [0.15, 0.2) is 11.5 Å². The molecule has 5 rings (SSSR count). The Labute approximate surface area is 231 Å². The molecule has 3 aromatic carbocycles. The topological polar surface area (TPSA) is 88.2 Å². The zero-order valence-electron chi connectivity index (χ0n) is 21.7. The molecule has 0 atom stereocenters. The number of anilines is 1. The normalized spacial score (nSPS) is 16.0. The molecule has 0 spiro atoms. The van der Waals surface area contributed by atoms with Gasteiger partial charge in [0.05, 0.1) is 14.2 Å². The van der Waals surface area contributed by atoms with Crippen molar-refractivity contribution in [1.82, 2.24) is 10.2 Å². The van der Waals surface area contributed by atoms with E-state index in [1.54, 1.807) is 32.4 Å². The third kappa shape index (κ3) is 5.47. The maximum atomic E-state index is 13.2. The Bertz CT molecular complexity index is 1490. The molecule has 39 heavy (non-hydrogen) atoms. The number of fused-ring (bicyclic) bond motifs is 1. The number of benzene rings is 3. The summed E-state index contributed by atoms with van der Waals surface area (Å²) in [5.41, 5.74) is 4.79. The van der Waals surface area contributed by atoms with Crippen molar-refractivity contribution in [3.63, 3.8) is 0 Å². The monoisotopic (exact) mass is 545 g/mol. The summed E-state index contributed by atoms with van der Waals surface area (Å²) >= 11 is 6.35. The molecular formula is C30H28ClN3O5. The molecule has 1 fully saturated rings. The highest BCUT2D eigenvalue weighted by Crippen LogP contribution is 2.32. The first-order chi connectivity index (χ1) is 18.9. The minimum absolute atomic E-state index is 0.0761. The number of halogens is 1. The number of methoxy groups -OCH3 is 2. The molecule has 3 aromatic rings. The first-order valence-electron chi connectivity index (χ1n) is 12.6. The van der Waals surface area contributed by atoms with E-state index in [2.05, 4.69) is 10.2 Å². The number of ether oxygens (including phenoxy) is 2. The molecule has 0 bridgehead atoms. The summed E-state index contributed by atoms with van der Waals surface area (Å²) in [5, 5.41) is 3.03. The lowest BCUT2D eigenvalue weighted by Gasteiger charge is -2.26. The molecule has 0 unspecified atom stereocenters. The second kappa shape index (κ2) is 11.2. The highest BCUT2D eigenvalue weighted by molar-refractivity contribution is 6.31. The van der Waals surface area contributed by atoms with E-state index < -0.39 is 17.8 Å². The highest BCUT2D eigenvalue weighted by atomic mass is 35.5. The van der Waals surface area contributed by atoms with Crippen molar-refractivity contribution in [1.29, 1.82) is 0 Å². The van der Waals surface area contributed by atoms with Gasteiger partial charge in [0.2, 0.25) is 0 Å². The number of carbonyl (C=O) groups is 3. The molecule has 0 aromatic heterocycles. The van der Waals surface area contributed by atoms with Crippen LogP contribution in [0.5, 0.6) is 11.5 Å². The largest absolute Gasteiger partial charge is 0.493 e. The third-order valence-electron chi connectivity index (χ3n) is 6.98. The van der Waals surface area contributed by atoms with Crippen LogP contribution in [0.25, 0.3) is 6.08 Å². The van der Waals surface area contributed by atoms with E-state index in [0.29, 0.717) is 24.5 Å². The lowest BCUT2D eigenvalue weighted by molar-refractivity contribution is -0.130. The van der Waals surface area contributed by atoms with E-state index >= 15 is 0 Å². The van der Waals surface area contributed by atoms with Crippen molar-refractivity contribution >= 4 is 41.2 Å². The Kier molecular flexibility index (Phi) is 7.56. The standard InChI is InChI=1S/C30H28ClN3O5/c1-38-26-10-8-19(17-27(26)39-2)11-14-34-29(36)23(28(35)32-30(34)37)16-20-7-9-25-21(15-20)12-13-33(25)18-22-5-3-4-6-24(22)31/h3-10,15-17H,11-14,18H2,1-2H3,(H,32,35,37). The van der Waals surface area contributed by atoms with Crippen LogP contribution in [0.4, 0.5) is 10.5 Å². The number of carbonyl (C=O) groups excluding carboxylic acids is 3. The van der Waals surface area contributed by atoms with Crippen LogP contribution >= 0.6 is 11.6 Å². The van der Waals surface area contributed by atoms with Gasteiger partial charge in [-0.1, -0.05) is 41.9 Å². The fraction of sp³-hybridized carbons (Fsp3) is 0.233. The summed E-state index contributed by atoms with van der Waals surface area (Å²) in [6.45, 7) is 1.65. The van der Waals surface area contributed by atoms with E-state index in [1.807, 2.05) is 48.5 Å². The van der Waals surface area contributed by atoms with Crippen LogP contribution in [0.3, 0.4) is 0 Å². The van der Waals surface area contributed by atoms with Crippen LogP contribution in [0.1, 0.15) is 22.3 Å². The van der Waals surface area contributed by atoms with Crippen LogP contribution < -0.4 is 19.7 Å². The Hall–Kier alpha value is -4.30. The first kappa shape index (κ1) is 26.3. The molecule has 2 aliphatic heterocycles. The number of urea groups is 1. The van der Waals surface area contributed by atoms with Gasteiger partial charge in [-0.05, 0) is 71.5 Å². The quantitative estimate of drug-likeness (QED) is 0.328. The summed E-state index contributed by atoms with van der Waals surface area (Å²) in [6.07, 6.45) is 2.78. The minimum atomic E-state index is -0.730. The van der Waals surface area contributed by atoms with Gasteiger partial charge in [-0.3, -0.25) is 19.8 Å². The lowest BCUT2D eigenvalue weighted by atomic mass is 10.0. The van der Waals surface area contributed by atoms with Crippen LogP contribution in [0.2, 0.25) is 5.02 Å². The molecule has 0 radical (unpaired) electrons. The van der Waals surface area contributed by atoms with Gasteiger partial charge in [0.25, 0.3) is 11.8 Å². The maximum absolute atomic E-state index is 13.2. The molecular weight excluding hydrogens is 518 g/mol. The second-order valence-electron chi connectivity index (χ2n) is 9.36. The number of amides is 4. The first-order valence-corrected chi connectivity index (χ1v) is 13.0. The van der Waals surface area contributed by atoms with Gasteiger partial charge >= 0.3 is 6.03 Å². The molecule has 2 heterocycles. The molecule has 200 valence electrons. The van der Waals surface area contributed by atoms with Crippen molar-refractivity contribution in [3.05, 3.63) is 93.5 Å². The summed E-state index contributed by atoms with van der Waals surface area (Å²) in [4.78, 5) is 41.7. The van der Waals surface area contributed by atoms with Gasteiger partial charge < -0.3 is 14.4 Å². The second-order valence-corrected chi connectivity index (χ2v) is 9.77. The average Bonchev–Trinajstić information content (AvgIpc) is 3.33. The average molecular weight is 546 g/mol. The predicted octanol–water partition coefficient (Wildman–Crippen LogP) is 4.62. The highest BCUT2D eigenvalue weighted by Gasteiger charge is 2.35. The summed E-state index contributed by atoms with van der Waals surface area (Å²) in [5.74, 6) is -0.175. The van der Waals surface area contributed by atoms with Crippen LogP contribution in [0, 0.1) is 0 Å². The fourth-order valence-electron chi connectivity index (χ4n) is 4.92. The van der Waals surface area contributed by atoms with Gasteiger partial charge in [0, 0.05) is 30.3 Å². The smallest absolute Gasteiger partial charge is 0.331 e. The van der Waals surface area contributed by atoms with Crippen molar-refractivity contribution in [3.8, 4) is 11.5 Å². The van der Waals surface area contributed by atoms with E-state index in [1.165, 1.54) is 0 Å². The zero-order chi connectivity index (χ0) is 27.5. The Balaban J connectivity index is 1.32. The molecule has 8 nitrogen and oxygen atoms in total. The van der Waals surface area contributed by atoms with E-state index in [-0.39, 0.29) is 12.1 Å². The summed E-state index contributed by atoms with van der Waals surface area (Å²) in [6, 6.07) is 18.3. The number of hydrogen-bond acceptors (Lipinski definition) is 6. The molecule has 4 amide bonds. The van der Waals surface area contributed by atoms with Gasteiger partial charge in [-0.2, -0.15) is 0 Å². The van der Waals surface area contributed by atoms with Crippen LogP contribution in [-0.2, 0) is 29.0 Å². The molecule has 1 N–H and O–H groups in total. The Morgan fingerprint density at radius 2 is 1.77 bits per heavy atom. The summed E-state index contributed by atoms with van der Waals surface area (Å²) in [7, 11) is 3.10. The molecule has 2 aliphatic rings. The number of imide groups is 2. The predicted molar refractivity (Wildman–Crippen MR) is 149 cm³/mol. The van der Waals surface area contributed by atoms with Crippen LogP contribution in [0.15, 0.2) is 66.2 Å². The molecule has 0 saturated carbocycles. The van der Waals surface area contributed by atoms with Crippen LogP contribution in [-0.4, -0.2) is 50.1 Å². The number of nitrogens with one attached hydrogen (secondary N) is 1. The van der Waals surface area contributed by atoms with Crippen molar-refractivity contribution in [2.75, 3.05) is 32.2 Å². The van der Waals surface area contributed by atoms with Crippen molar-refractivity contribution in [2.24, 2.45) is 0 Å². The maximum Gasteiger partial charge on any atom is 0.331 e. The molecule has 1 saturated heterocycles. The lowest BCUT2D eigenvalue weighted by Crippen LogP contribution is -2.54. The minimum Gasteiger partial charge on any atom is -0.493 e. The van der Waals surface area contributed by atoms with Gasteiger partial charge in [-0.25, -0.2) is 4.79 Å². The summed E-state index contributed by atoms with van der Waals surface area (Å²) < 4.78 is 10.6. The van der Waals surface area contributed by atoms with Crippen molar-refractivity contribution in [2.45, 2.75) is 19.4 Å². The number of rotatable bonds is 8. The number of nitrogens with zero attached hydrogens (tertiary/aromatic N) is 2. The Morgan fingerprint density at radius 1 is 0.974 bits per heavy atom. The van der Waals surface area contributed by atoms with Crippen molar-refractivity contribution < 1.29 is 23.9 Å². The Morgan fingerprint density at radius 3 is 2.54 bits per heavy atom. The molecule has 9 heteroatoms. The molecule has 0 aliphatic carbocycles. The van der Waals surface area contributed by atoms with E-state index in [9.17, 15) is 14.4 Å².